The van der Waals surface area contributed by atoms with Crippen LogP contribution in [0.3, 0.4) is 0 Å². The summed E-state index contributed by atoms with van der Waals surface area (Å²) in [5, 5.41) is 0.543. The van der Waals surface area contributed by atoms with Crippen molar-refractivity contribution in [2.45, 2.75) is 19.5 Å². The minimum Gasteiger partial charge on any atom is -0.459 e. The number of carbonyl (C=O) groups excluding carboxylic acids is 1. The van der Waals surface area contributed by atoms with E-state index in [0.29, 0.717) is 16.7 Å². The first-order chi connectivity index (χ1) is 13.6. The van der Waals surface area contributed by atoms with E-state index in [9.17, 15) is 9.59 Å². The first-order valence-electron chi connectivity index (χ1n) is 9.65. The van der Waals surface area contributed by atoms with Crippen LogP contribution in [0.1, 0.15) is 24.3 Å². The van der Waals surface area contributed by atoms with Gasteiger partial charge >= 0.3 is 0 Å². The third-order valence-electron chi connectivity index (χ3n) is 5.33. The van der Waals surface area contributed by atoms with Crippen molar-refractivity contribution in [2.75, 3.05) is 26.2 Å². The van der Waals surface area contributed by atoms with Gasteiger partial charge in [0.15, 0.2) is 11.2 Å². The van der Waals surface area contributed by atoms with Gasteiger partial charge in [-0.3, -0.25) is 19.4 Å². The van der Waals surface area contributed by atoms with Gasteiger partial charge in [0.2, 0.25) is 0 Å². The molecule has 0 bridgehead atoms. The Labute approximate surface area is 164 Å². The fourth-order valence-corrected chi connectivity index (χ4v) is 3.92. The van der Waals surface area contributed by atoms with Crippen LogP contribution in [0.15, 0.2) is 69.9 Å². The van der Waals surface area contributed by atoms with Crippen molar-refractivity contribution in [2.24, 2.45) is 0 Å². The fourth-order valence-electron chi connectivity index (χ4n) is 3.92. The summed E-state index contributed by atoms with van der Waals surface area (Å²) in [6, 6.07) is 18.5. The molecule has 1 aromatic heterocycles. The Kier molecular flexibility index (Phi) is 5.37. The quantitative estimate of drug-likeness (QED) is 0.684. The number of rotatable bonds is 5. The van der Waals surface area contributed by atoms with Crippen LogP contribution in [0.2, 0.25) is 0 Å². The molecule has 0 aliphatic carbocycles. The summed E-state index contributed by atoms with van der Waals surface area (Å²) in [5.41, 5.74) is 1.71. The zero-order valence-electron chi connectivity index (χ0n) is 16.0. The van der Waals surface area contributed by atoms with E-state index in [4.69, 9.17) is 4.42 Å². The van der Waals surface area contributed by atoms with Crippen molar-refractivity contribution in [3.8, 4) is 0 Å². The average molecular weight is 376 g/mol. The molecule has 4 rings (SSSR count). The van der Waals surface area contributed by atoms with Gasteiger partial charge in [0.05, 0.1) is 5.39 Å². The normalized spacial score (nSPS) is 16.9. The molecule has 0 spiro atoms. The van der Waals surface area contributed by atoms with Crippen LogP contribution in [0.25, 0.3) is 11.0 Å². The molecule has 1 fully saturated rings. The number of Topliss-reactive ketones (excluding diaryl/α,β-unsaturated/α-hetero) is 1. The second-order valence-electron chi connectivity index (χ2n) is 7.32. The Morgan fingerprint density at radius 2 is 1.68 bits per heavy atom. The molecule has 2 aromatic carbocycles. The molecular formula is C23H24N2O3. The molecule has 0 N–H and O–H groups in total. The third kappa shape index (κ3) is 3.91. The third-order valence-corrected chi connectivity index (χ3v) is 5.33. The lowest BCUT2D eigenvalue weighted by atomic mass is 10.1. The van der Waals surface area contributed by atoms with E-state index in [1.807, 2.05) is 18.2 Å². The van der Waals surface area contributed by atoms with Crippen LogP contribution >= 0.6 is 0 Å². The maximum atomic E-state index is 12.5. The minimum atomic E-state index is -0.517. The highest BCUT2D eigenvalue weighted by molar-refractivity contribution is 5.83. The fraction of sp³-hybridized carbons (Fsp3) is 0.304. The molecule has 5 heteroatoms. The second-order valence-corrected chi connectivity index (χ2v) is 7.32. The molecule has 1 saturated heterocycles. The molecule has 5 nitrogen and oxygen atoms in total. The zero-order valence-corrected chi connectivity index (χ0v) is 16.0. The Morgan fingerprint density at radius 1 is 1.00 bits per heavy atom. The van der Waals surface area contributed by atoms with Crippen LogP contribution in [0.5, 0.6) is 0 Å². The van der Waals surface area contributed by atoms with Crippen LogP contribution in [-0.2, 0) is 11.3 Å². The molecule has 0 saturated carbocycles. The van der Waals surface area contributed by atoms with E-state index in [1.54, 1.807) is 19.1 Å². The Balaban J connectivity index is 1.52. The average Bonchev–Trinajstić information content (AvgIpc) is 2.70. The van der Waals surface area contributed by atoms with E-state index >= 15 is 0 Å². The van der Waals surface area contributed by atoms with Gasteiger partial charge in [0.1, 0.15) is 17.4 Å². The summed E-state index contributed by atoms with van der Waals surface area (Å²) >= 11 is 0. The lowest BCUT2D eigenvalue weighted by Crippen LogP contribution is -2.48. The van der Waals surface area contributed by atoms with Gasteiger partial charge in [0, 0.05) is 38.8 Å². The number of carbonyl (C=O) groups is 1. The lowest BCUT2D eigenvalue weighted by molar-refractivity contribution is -0.123. The molecule has 0 radical (unpaired) electrons. The number of ketones is 1. The monoisotopic (exact) mass is 376 g/mol. The van der Waals surface area contributed by atoms with E-state index < -0.39 is 6.04 Å². The Bertz CT molecular complexity index is 1020. The molecule has 2 heterocycles. The summed E-state index contributed by atoms with van der Waals surface area (Å²) in [4.78, 5) is 29.4. The second kappa shape index (κ2) is 8.09. The standard InChI is InChI=1S/C23H24N2O3/c1-17(26)23(22-15-20(27)19-9-5-6-10-21(19)28-22)25-13-11-24(12-14-25)16-18-7-3-2-4-8-18/h2-10,15,23H,11-14,16H2,1H3. The smallest absolute Gasteiger partial charge is 0.193 e. The summed E-state index contributed by atoms with van der Waals surface area (Å²) in [7, 11) is 0. The molecule has 1 unspecified atom stereocenters. The predicted molar refractivity (Wildman–Crippen MR) is 109 cm³/mol. The first-order valence-corrected chi connectivity index (χ1v) is 9.65. The highest BCUT2D eigenvalue weighted by Gasteiger charge is 2.30. The van der Waals surface area contributed by atoms with E-state index in [1.165, 1.54) is 11.6 Å². The Morgan fingerprint density at radius 3 is 2.39 bits per heavy atom. The Hall–Kier alpha value is -2.76. The number of nitrogens with zero attached hydrogens (tertiary/aromatic N) is 2. The summed E-state index contributed by atoms with van der Waals surface area (Å²) in [6.07, 6.45) is 0. The van der Waals surface area contributed by atoms with Crippen molar-refractivity contribution in [3.63, 3.8) is 0 Å². The number of benzene rings is 2. The van der Waals surface area contributed by atoms with Gasteiger partial charge in [-0.1, -0.05) is 42.5 Å². The minimum absolute atomic E-state index is 0.00468. The van der Waals surface area contributed by atoms with E-state index in [0.717, 1.165) is 32.7 Å². The summed E-state index contributed by atoms with van der Waals surface area (Å²) in [6.45, 7) is 5.73. The SMILES string of the molecule is CC(=O)C(c1cc(=O)c2ccccc2o1)N1CCN(Cc2ccccc2)CC1. The topological polar surface area (TPSA) is 53.8 Å². The van der Waals surface area contributed by atoms with Gasteiger partial charge in [-0.15, -0.1) is 0 Å². The van der Waals surface area contributed by atoms with Crippen molar-refractivity contribution >= 4 is 16.8 Å². The predicted octanol–water partition coefficient (Wildman–Crippen LogP) is 3.24. The van der Waals surface area contributed by atoms with Crippen molar-refractivity contribution in [1.82, 2.24) is 9.80 Å². The number of hydrogen-bond donors (Lipinski definition) is 0. The van der Waals surface area contributed by atoms with Gasteiger partial charge < -0.3 is 4.42 Å². The van der Waals surface area contributed by atoms with Crippen LogP contribution < -0.4 is 5.43 Å². The molecule has 1 aliphatic rings. The number of para-hydroxylation sites is 1. The largest absolute Gasteiger partial charge is 0.459 e. The van der Waals surface area contributed by atoms with Crippen molar-refractivity contribution in [1.29, 1.82) is 0 Å². The summed E-state index contributed by atoms with van der Waals surface area (Å²) in [5.74, 6) is 0.433. The van der Waals surface area contributed by atoms with Gasteiger partial charge in [-0.2, -0.15) is 0 Å². The van der Waals surface area contributed by atoms with Gasteiger partial charge in [-0.05, 0) is 24.6 Å². The highest BCUT2D eigenvalue weighted by Crippen LogP contribution is 2.25. The molecule has 0 amide bonds. The maximum absolute atomic E-state index is 12.5. The molecule has 144 valence electrons. The molecule has 1 atom stereocenters. The van der Waals surface area contributed by atoms with E-state index in [2.05, 4.69) is 34.1 Å². The number of fused-ring (bicyclic) bond motifs is 1. The number of hydrogen-bond acceptors (Lipinski definition) is 5. The first kappa shape index (κ1) is 18.6. The zero-order chi connectivity index (χ0) is 19.5. The number of piperazine rings is 1. The van der Waals surface area contributed by atoms with Crippen molar-refractivity contribution < 1.29 is 9.21 Å². The van der Waals surface area contributed by atoms with Crippen LogP contribution in [-0.4, -0.2) is 41.8 Å². The van der Waals surface area contributed by atoms with E-state index in [-0.39, 0.29) is 11.2 Å². The summed E-state index contributed by atoms with van der Waals surface area (Å²) < 4.78 is 5.97. The molecule has 28 heavy (non-hydrogen) atoms. The molecule has 1 aliphatic heterocycles. The molecular weight excluding hydrogens is 352 g/mol. The highest BCUT2D eigenvalue weighted by atomic mass is 16.3. The van der Waals surface area contributed by atoms with Crippen molar-refractivity contribution in [3.05, 3.63) is 82.2 Å². The maximum Gasteiger partial charge on any atom is 0.193 e. The molecule has 3 aromatic rings. The van der Waals surface area contributed by atoms with Crippen LogP contribution in [0.4, 0.5) is 0 Å². The van der Waals surface area contributed by atoms with Gasteiger partial charge in [0.25, 0.3) is 0 Å². The lowest BCUT2D eigenvalue weighted by Gasteiger charge is -2.37. The van der Waals surface area contributed by atoms with Gasteiger partial charge in [-0.25, -0.2) is 0 Å². The van der Waals surface area contributed by atoms with Crippen LogP contribution in [0, 0.1) is 0 Å².